The summed E-state index contributed by atoms with van der Waals surface area (Å²) < 4.78 is 18.6. The van der Waals surface area contributed by atoms with Crippen molar-refractivity contribution in [3.05, 3.63) is 34.1 Å². The second-order valence-corrected chi connectivity index (χ2v) is 3.68. The number of esters is 1. The van der Waals surface area contributed by atoms with Crippen molar-refractivity contribution in [1.82, 2.24) is 0 Å². The predicted molar refractivity (Wildman–Crippen MR) is 54.7 cm³/mol. The van der Waals surface area contributed by atoms with Gasteiger partial charge in [-0.3, -0.25) is 0 Å². The molecule has 0 amide bonds. The highest BCUT2D eigenvalue weighted by Crippen LogP contribution is 2.16. The van der Waals surface area contributed by atoms with Gasteiger partial charge < -0.3 is 4.74 Å². The third-order valence-electron chi connectivity index (χ3n) is 1.59. The molecule has 0 N–H and O–H groups in total. The molecule has 0 aliphatic carbocycles. The first-order valence-electron chi connectivity index (χ1n) is 4.27. The summed E-state index contributed by atoms with van der Waals surface area (Å²) in [5.74, 6) is -1.18. The molecule has 0 saturated heterocycles. The number of hydrogen-bond donors (Lipinski definition) is 0. The van der Waals surface area contributed by atoms with Crippen LogP contribution in [0.1, 0.15) is 23.7 Å². The molecular formula is C10H10BrFO2. The van der Waals surface area contributed by atoms with Gasteiger partial charge in [-0.1, -0.05) is 22.9 Å². The molecule has 14 heavy (non-hydrogen) atoms. The van der Waals surface area contributed by atoms with Gasteiger partial charge in [0.15, 0.2) is 0 Å². The van der Waals surface area contributed by atoms with Crippen LogP contribution in [0.15, 0.2) is 22.7 Å². The maximum Gasteiger partial charge on any atom is 0.341 e. The van der Waals surface area contributed by atoms with E-state index in [2.05, 4.69) is 15.9 Å². The molecule has 0 saturated carbocycles. The fourth-order valence-corrected chi connectivity index (χ4v) is 1.29. The molecule has 1 aromatic rings. The first-order valence-corrected chi connectivity index (χ1v) is 5.06. The first-order chi connectivity index (χ1) is 6.65. The molecule has 76 valence electrons. The molecule has 4 heteroatoms. The van der Waals surface area contributed by atoms with E-state index in [9.17, 15) is 9.18 Å². The van der Waals surface area contributed by atoms with Crippen LogP contribution >= 0.6 is 15.9 Å². The van der Waals surface area contributed by atoms with Crippen molar-refractivity contribution in [3.63, 3.8) is 0 Å². The minimum absolute atomic E-state index is 0.0344. The van der Waals surface area contributed by atoms with Gasteiger partial charge in [0.25, 0.3) is 0 Å². The Morgan fingerprint density at radius 1 is 1.57 bits per heavy atom. The van der Waals surface area contributed by atoms with E-state index in [1.54, 1.807) is 0 Å². The number of carbonyl (C=O) groups is 1. The van der Waals surface area contributed by atoms with Crippen LogP contribution in [-0.4, -0.2) is 12.6 Å². The van der Waals surface area contributed by atoms with E-state index in [0.29, 0.717) is 11.1 Å². The SMILES string of the molecule is CCCOC(=O)c1cc(Br)ccc1F. The molecule has 0 spiro atoms. The van der Waals surface area contributed by atoms with E-state index in [0.717, 1.165) is 6.42 Å². The maximum absolute atomic E-state index is 13.1. The van der Waals surface area contributed by atoms with Crippen LogP contribution in [-0.2, 0) is 4.74 Å². The summed E-state index contributed by atoms with van der Waals surface area (Å²) in [6.45, 7) is 2.19. The zero-order valence-corrected chi connectivity index (χ0v) is 9.30. The lowest BCUT2D eigenvalue weighted by molar-refractivity contribution is 0.0499. The Morgan fingerprint density at radius 3 is 2.93 bits per heavy atom. The summed E-state index contributed by atoms with van der Waals surface area (Å²) >= 11 is 3.16. The van der Waals surface area contributed by atoms with Crippen LogP contribution < -0.4 is 0 Å². The van der Waals surface area contributed by atoms with Crippen LogP contribution in [0.25, 0.3) is 0 Å². The van der Waals surface area contributed by atoms with Gasteiger partial charge in [-0.15, -0.1) is 0 Å². The summed E-state index contributed by atoms with van der Waals surface area (Å²) in [6, 6.07) is 4.17. The average Bonchev–Trinajstić information content (AvgIpc) is 2.18. The highest BCUT2D eigenvalue weighted by molar-refractivity contribution is 9.10. The van der Waals surface area contributed by atoms with Crippen molar-refractivity contribution in [2.24, 2.45) is 0 Å². The average molecular weight is 261 g/mol. The zero-order chi connectivity index (χ0) is 10.6. The zero-order valence-electron chi connectivity index (χ0n) is 7.72. The summed E-state index contributed by atoms with van der Waals surface area (Å²) in [5, 5.41) is 0. The Hall–Kier alpha value is -0.900. The maximum atomic E-state index is 13.1. The van der Waals surface area contributed by atoms with E-state index in [1.807, 2.05) is 6.92 Å². The normalized spacial score (nSPS) is 9.93. The Kier molecular flexibility index (Phi) is 4.07. The third-order valence-corrected chi connectivity index (χ3v) is 2.08. The number of hydrogen-bond acceptors (Lipinski definition) is 2. The number of halogens is 2. The van der Waals surface area contributed by atoms with Crippen LogP contribution in [0.5, 0.6) is 0 Å². The highest BCUT2D eigenvalue weighted by atomic mass is 79.9. The van der Waals surface area contributed by atoms with Gasteiger partial charge in [0, 0.05) is 4.47 Å². The summed E-state index contributed by atoms with van der Waals surface area (Å²) in [6.07, 6.45) is 0.724. The van der Waals surface area contributed by atoms with Crippen LogP contribution in [0.3, 0.4) is 0 Å². The lowest BCUT2D eigenvalue weighted by Gasteiger charge is -2.04. The molecule has 1 rings (SSSR count). The molecule has 0 aromatic heterocycles. The molecule has 1 aromatic carbocycles. The van der Waals surface area contributed by atoms with E-state index in [1.165, 1.54) is 18.2 Å². The summed E-state index contributed by atoms with van der Waals surface area (Å²) in [7, 11) is 0. The van der Waals surface area contributed by atoms with Gasteiger partial charge in [0.1, 0.15) is 5.82 Å². The third kappa shape index (κ3) is 2.80. The molecule has 0 aliphatic heterocycles. The van der Waals surface area contributed by atoms with Gasteiger partial charge in [0.2, 0.25) is 0 Å². The van der Waals surface area contributed by atoms with Crippen molar-refractivity contribution < 1.29 is 13.9 Å². The van der Waals surface area contributed by atoms with Crippen molar-refractivity contribution in [3.8, 4) is 0 Å². The van der Waals surface area contributed by atoms with Crippen LogP contribution in [0, 0.1) is 5.82 Å². The van der Waals surface area contributed by atoms with Gasteiger partial charge in [-0.25, -0.2) is 9.18 Å². The second-order valence-electron chi connectivity index (χ2n) is 2.76. The van der Waals surface area contributed by atoms with Crippen molar-refractivity contribution in [2.75, 3.05) is 6.61 Å². The number of ether oxygens (including phenoxy) is 1. The lowest BCUT2D eigenvalue weighted by Crippen LogP contribution is -2.08. The van der Waals surface area contributed by atoms with Gasteiger partial charge in [0.05, 0.1) is 12.2 Å². The molecule has 0 heterocycles. The van der Waals surface area contributed by atoms with E-state index in [4.69, 9.17) is 4.74 Å². The molecule has 0 aliphatic rings. The molecule has 0 unspecified atom stereocenters. The molecule has 0 radical (unpaired) electrons. The van der Waals surface area contributed by atoms with Crippen molar-refractivity contribution in [2.45, 2.75) is 13.3 Å². The second kappa shape index (κ2) is 5.10. The van der Waals surface area contributed by atoms with E-state index < -0.39 is 11.8 Å². The molecular weight excluding hydrogens is 251 g/mol. The fraction of sp³-hybridized carbons (Fsp3) is 0.300. The van der Waals surface area contributed by atoms with E-state index in [-0.39, 0.29) is 5.56 Å². The monoisotopic (exact) mass is 260 g/mol. The minimum atomic E-state index is -0.620. The smallest absolute Gasteiger partial charge is 0.341 e. The van der Waals surface area contributed by atoms with Gasteiger partial charge in [-0.2, -0.15) is 0 Å². The Morgan fingerprint density at radius 2 is 2.29 bits per heavy atom. The fourth-order valence-electron chi connectivity index (χ4n) is 0.926. The number of benzene rings is 1. The van der Waals surface area contributed by atoms with E-state index >= 15 is 0 Å². The molecule has 0 atom stereocenters. The first kappa shape index (κ1) is 11.2. The van der Waals surface area contributed by atoms with Gasteiger partial charge >= 0.3 is 5.97 Å². The topological polar surface area (TPSA) is 26.3 Å². The Balaban J connectivity index is 2.83. The standard InChI is InChI=1S/C10H10BrFO2/c1-2-5-14-10(13)8-6-7(11)3-4-9(8)12/h3-4,6H,2,5H2,1H3. The number of rotatable bonds is 3. The van der Waals surface area contributed by atoms with Crippen LogP contribution in [0.4, 0.5) is 4.39 Å². The molecule has 0 fully saturated rings. The summed E-state index contributed by atoms with van der Waals surface area (Å²) in [5.41, 5.74) is -0.0344. The predicted octanol–water partition coefficient (Wildman–Crippen LogP) is 3.16. The summed E-state index contributed by atoms with van der Waals surface area (Å²) in [4.78, 5) is 11.3. The Bertz CT molecular complexity index is 339. The highest BCUT2D eigenvalue weighted by Gasteiger charge is 2.12. The largest absolute Gasteiger partial charge is 0.462 e. The minimum Gasteiger partial charge on any atom is -0.462 e. The lowest BCUT2D eigenvalue weighted by atomic mass is 10.2. The van der Waals surface area contributed by atoms with Crippen molar-refractivity contribution >= 4 is 21.9 Å². The van der Waals surface area contributed by atoms with Gasteiger partial charge in [-0.05, 0) is 24.6 Å². The molecule has 2 nitrogen and oxygen atoms in total. The quantitative estimate of drug-likeness (QED) is 0.781. The van der Waals surface area contributed by atoms with Crippen LogP contribution in [0.2, 0.25) is 0 Å². The number of carbonyl (C=O) groups excluding carboxylic acids is 1. The molecule has 0 bridgehead atoms. The Labute approximate surface area is 90.2 Å². The van der Waals surface area contributed by atoms with Crippen molar-refractivity contribution in [1.29, 1.82) is 0 Å².